The summed E-state index contributed by atoms with van der Waals surface area (Å²) in [6.45, 7) is 2.26. The minimum atomic E-state index is -0.182. The van der Waals surface area contributed by atoms with Crippen LogP contribution in [0.5, 0.6) is 0 Å². The normalized spacial score (nSPS) is 12.1. The highest BCUT2D eigenvalue weighted by Crippen LogP contribution is 2.17. The van der Waals surface area contributed by atoms with E-state index < -0.39 is 0 Å². The lowest BCUT2D eigenvalue weighted by molar-refractivity contribution is 0.0334. The van der Waals surface area contributed by atoms with Gasteiger partial charge in [0.25, 0.3) is 0 Å². The second-order valence-corrected chi connectivity index (χ2v) is 8.68. The van der Waals surface area contributed by atoms with Crippen LogP contribution in [-0.4, -0.2) is 16.5 Å². The number of rotatable bonds is 14. The van der Waals surface area contributed by atoms with Gasteiger partial charge in [0, 0.05) is 8.00 Å². The molecule has 25 heavy (non-hydrogen) atoms. The van der Waals surface area contributed by atoms with Gasteiger partial charge in [0.2, 0.25) is 0 Å². The van der Waals surface area contributed by atoms with E-state index in [-0.39, 0.29) is 12.1 Å². The predicted molar refractivity (Wildman–Crippen MR) is 124 cm³/mol. The van der Waals surface area contributed by atoms with Crippen LogP contribution < -0.4 is 0 Å². The number of alkyl halides is 1. The summed E-state index contributed by atoms with van der Waals surface area (Å²) in [7, 11) is 0. The van der Waals surface area contributed by atoms with E-state index in [4.69, 9.17) is 4.74 Å². The highest BCUT2D eigenvalue weighted by molar-refractivity contribution is 14.1. The van der Waals surface area contributed by atoms with Crippen molar-refractivity contribution in [1.29, 1.82) is 0 Å². The summed E-state index contributed by atoms with van der Waals surface area (Å²) >= 11 is 4.51. The molecule has 142 valence electrons. The van der Waals surface area contributed by atoms with Crippen molar-refractivity contribution in [3.8, 4) is 0 Å². The number of hydrogen-bond donors (Lipinski definition) is 0. The van der Waals surface area contributed by atoms with Crippen LogP contribution in [0.4, 0.5) is 0 Å². The van der Waals surface area contributed by atoms with Gasteiger partial charge in [-0.1, -0.05) is 99.4 Å². The Morgan fingerprint density at radius 1 is 0.960 bits per heavy atom. The van der Waals surface area contributed by atoms with Gasteiger partial charge in [-0.25, -0.2) is 4.79 Å². The molecular weight excluding hydrogens is 538 g/mol. The predicted octanol–water partition coefficient (Wildman–Crippen LogP) is 7.56. The van der Waals surface area contributed by atoms with E-state index in [0.717, 1.165) is 20.8 Å². The monoisotopic (exact) mass is 570 g/mol. The fourth-order valence-corrected chi connectivity index (χ4v) is 4.10. The number of hydrogen-bond acceptors (Lipinski definition) is 2. The first-order valence-electron chi connectivity index (χ1n) is 9.70. The SMILES string of the molecule is CCCCCCCCCCCCC(CI)OC(=O)c1ccccc1I. The molecule has 0 N–H and O–H groups in total. The molecule has 0 radical (unpaired) electrons. The molecule has 0 amide bonds. The Labute approximate surface area is 181 Å². The van der Waals surface area contributed by atoms with Gasteiger partial charge in [0.15, 0.2) is 0 Å². The lowest BCUT2D eigenvalue weighted by Crippen LogP contribution is -2.20. The van der Waals surface area contributed by atoms with E-state index in [9.17, 15) is 4.79 Å². The average molecular weight is 570 g/mol. The Balaban J connectivity index is 2.12. The molecule has 1 aromatic rings. The molecule has 0 heterocycles. The second kappa shape index (κ2) is 15.2. The van der Waals surface area contributed by atoms with Crippen LogP contribution in [-0.2, 0) is 4.74 Å². The van der Waals surface area contributed by atoms with Gasteiger partial charge in [-0.05, 0) is 47.6 Å². The van der Waals surface area contributed by atoms with E-state index in [1.807, 2.05) is 24.3 Å². The number of carbonyl (C=O) groups is 1. The first-order valence-corrected chi connectivity index (χ1v) is 12.3. The smallest absolute Gasteiger partial charge is 0.339 e. The van der Waals surface area contributed by atoms with Gasteiger partial charge in [0.1, 0.15) is 6.10 Å². The van der Waals surface area contributed by atoms with Crippen molar-refractivity contribution >= 4 is 51.2 Å². The van der Waals surface area contributed by atoms with E-state index >= 15 is 0 Å². The first kappa shape index (κ1) is 23.2. The van der Waals surface area contributed by atoms with Crippen molar-refractivity contribution in [3.05, 3.63) is 33.4 Å². The van der Waals surface area contributed by atoms with Crippen molar-refractivity contribution < 1.29 is 9.53 Å². The van der Waals surface area contributed by atoms with Gasteiger partial charge in [-0.15, -0.1) is 0 Å². The zero-order chi connectivity index (χ0) is 18.3. The second-order valence-electron chi connectivity index (χ2n) is 6.63. The van der Waals surface area contributed by atoms with Crippen LogP contribution in [0.15, 0.2) is 24.3 Å². The van der Waals surface area contributed by atoms with Gasteiger partial charge in [0.05, 0.1) is 5.56 Å². The highest BCUT2D eigenvalue weighted by atomic mass is 127. The lowest BCUT2D eigenvalue weighted by atomic mass is 10.0. The maximum Gasteiger partial charge on any atom is 0.339 e. The van der Waals surface area contributed by atoms with Crippen LogP contribution in [0, 0.1) is 3.57 Å². The lowest BCUT2D eigenvalue weighted by Gasteiger charge is -2.16. The summed E-state index contributed by atoms with van der Waals surface area (Å²) in [6.07, 6.45) is 14.4. The largest absolute Gasteiger partial charge is 0.458 e. The number of carbonyl (C=O) groups excluding carboxylic acids is 1. The summed E-state index contributed by atoms with van der Waals surface area (Å²) in [4.78, 5) is 12.3. The van der Waals surface area contributed by atoms with Gasteiger partial charge in [-0.2, -0.15) is 0 Å². The molecule has 0 aromatic heterocycles. The van der Waals surface area contributed by atoms with Crippen LogP contribution in [0.3, 0.4) is 0 Å². The van der Waals surface area contributed by atoms with Crippen LogP contribution in [0.25, 0.3) is 0 Å². The first-order chi connectivity index (χ1) is 12.2. The molecule has 0 bridgehead atoms. The van der Waals surface area contributed by atoms with E-state index in [0.29, 0.717) is 5.56 Å². The van der Waals surface area contributed by atoms with Crippen molar-refractivity contribution in [3.63, 3.8) is 0 Å². The molecule has 0 aliphatic carbocycles. The minimum absolute atomic E-state index is 0.0400. The Bertz CT molecular complexity index is 477. The Morgan fingerprint density at radius 2 is 1.52 bits per heavy atom. The number of ether oxygens (including phenoxy) is 1. The Kier molecular flexibility index (Phi) is 14.1. The molecule has 1 atom stereocenters. The van der Waals surface area contributed by atoms with Crippen molar-refractivity contribution in [2.75, 3.05) is 4.43 Å². The van der Waals surface area contributed by atoms with Crippen molar-refractivity contribution in [1.82, 2.24) is 0 Å². The fourth-order valence-electron chi connectivity index (χ4n) is 2.87. The zero-order valence-corrected chi connectivity index (χ0v) is 19.8. The molecule has 2 nitrogen and oxygen atoms in total. The van der Waals surface area contributed by atoms with E-state index in [1.165, 1.54) is 57.8 Å². The third kappa shape index (κ3) is 10.8. The Hall–Kier alpha value is 0.150. The summed E-state index contributed by atoms with van der Waals surface area (Å²) in [5.74, 6) is -0.182. The third-order valence-electron chi connectivity index (χ3n) is 4.42. The summed E-state index contributed by atoms with van der Waals surface area (Å²) in [6, 6.07) is 7.62. The average Bonchev–Trinajstić information content (AvgIpc) is 2.62. The highest BCUT2D eigenvalue weighted by Gasteiger charge is 2.16. The van der Waals surface area contributed by atoms with E-state index in [2.05, 4.69) is 52.1 Å². The Morgan fingerprint density at radius 3 is 2.08 bits per heavy atom. The molecule has 1 aromatic carbocycles. The fraction of sp³-hybridized carbons (Fsp3) is 0.667. The third-order valence-corrected chi connectivity index (χ3v) is 6.34. The van der Waals surface area contributed by atoms with Crippen LogP contribution in [0.1, 0.15) is 87.9 Å². The summed E-state index contributed by atoms with van der Waals surface area (Å²) in [5.41, 5.74) is 0.682. The molecule has 0 aliphatic rings. The molecule has 1 rings (SSSR count). The molecule has 1 unspecified atom stereocenters. The zero-order valence-electron chi connectivity index (χ0n) is 15.4. The molecule has 4 heteroatoms. The minimum Gasteiger partial charge on any atom is -0.458 e. The summed E-state index contributed by atoms with van der Waals surface area (Å²) < 4.78 is 7.52. The number of halogens is 2. The topological polar surface area (TPSA) is 26.3 Å². The van der Waals surface area contributed by atoms with Gasteiger partial charge >= 0.3 is 5.97 Å². The number of benzene rings is 1. The van der Waals surface area contributed by atoms with Crippen molar-refractivity contribution in [2.24, 2.45) is 0 Å². The molecular formula is C21H32I2O2. The number of esters is 1. The maximum atomic E-state index is 12.3. The maximum absolute atomic E-state index is 12.3. The molecule has 0 aliphatic heterocycles. The molecule has 0 saturated carbocycles. The van der Waals surface area contributed by atoms with Crippen LogP contribution in [0.2, 0.25) is 0 Å². The van der Waals surface area contributed by atoms with Crippen molar-refractivity contribution in [2.45, 2.75) is 83.7 Å². The standard InChI is InChI=1S/C21H32I2O2/c1-2-3-4-5-6-7-8-9-10-11-14-18(17-22)25-21(24)19-15-12-13-16-20(19)23/h12-13,15-16,18H,2-11,14,17H2,1H3. The van der Waals surface area contributed by atoms with Gasteiger partial charge in [-0.3, -0.25) is 0 Å². The van der Waals surface area contributed by atoms with Crippen LogP contribution >= 0.6 is 45.2 Å². The van der Waals surface area contributed by atoms with Gasteiger partial charge < -0.3 is 4.74 Å². The molecule has 0 fully saturated rings. The quantitative estimate of drug-likeness (QED) is 0.0999. The van der Waals surface area contributed by atoms with E-state index in [1.54, 1.807) is 0 Å². The molecule has 0 spiro atoms. The number of unbranched alkanes of at least 4 members (excludes halogenated alkanes) is 9. The molecule has 0 saturated heterocycles. The summed E-state index contributed by atoms with van der Waals surface area (Å²) in [5, 5.41) is 0.